The summed E-state index contributed by atoms with van der Waals surface area (Å²) in [6.45, 7) is 1.02. The summed E-state index contributed by atoms with van der Waals surface area (Å²) in [5.74, 6) is 0. The van der Waals surface area contributed by atoms with E-state index in [4.69, 9.17) is 0 Å². The maximum absolute atomic E-state index is 12.3. The summed E-state index contributed by atoms with van der Waals surface area (Å²) in [5.41, 5.74) is 0.392. The van der Waals surface area contributed by atoms with E-state index < -0.39 is 11.7 Å². The first-order valence-corrected chi connectivity index (χ1v) is 5.45. The summed E-state index contributed by atoms with van der Waals surface area (Å²) < 4.78 is 36.9. The van der Waals surface area contributed by atoms with Crippen molar-refractivity contribution in [1.29, 1.82) is 0 Å². The lowest BCUT2D eigenvalue weighted by Gasteiger charge is -2.11. The molecule has 0 spiro atoms. The van der Waals surface area contributed by atoms with Crippen LogP contribution in [0.4, 0.5) is 13.2 Å². The van der Waals surface area contributed by atoms with Gasteiger partial charge < -0.3 is 5.32 Å². The Hall–Kier alpha value is -1.03. The Bertz CT molecular complexity index is 336. The maximum atomic E-state index is 12.3. The van der Waals surface area contributed by atoms with Gasteiger partial charge in [-0.25, -0.2) is 0 Å². The van der Waals surface area contributed by atoms with Gasteiger partial charge in [-0.2, -0.15) is 13.2 Å². The highest BCUT2D eigenvalue weighted by Crippen LogP contribution is 2.29. The first kappa shape index (κ1) is 11.5. The van der Waals surface area contributed by atoms with Gasteiger partial charge in [-0.3, -0.25) is 0 Å². The maximum Gasteiger partial charge on any atom is 0.416 e. The number of nitrogens with one attached hydrogen (secondary N) is 1. The van der Waals surface area contributed by atoms with Crippen LogP contribution in [0.5, 0.6) is 0 Å². The summed E-state index contributed by atoms with van der Waals surface area (Å²) in [6.07, 6.45) is -1.14. The first-order valence-electron chi connectivity index (χ1n) is 5.45. The molecule has 0 bridgehead atoms. The molecule has 0 radical (unpaired) electrons. The van der Waals surface area contributed by atoms with E-state index in [1.54, 1.807) is 12.1 Å². The van der Waals surface area contributed by atoms with Crippen LogP contribution in [0.15, 0.2) is 24.3 Å². The highest BCUT2D eigenvalue weighted by atomic mass is 19.4. The molecule has 1 aromatic carbocycles. The Morgan fingerprint density at radius 2 is 1.88 bits per heavy atom. The molecule has 1 unspecified atom stereocenters. The van der Waals surface area contributed by atoms with Crippen molar-refractivity contribution in [2.45, 2.75) is 31.5 Å². The molecule has 0 aromatic heterocycles. The summed E-state index contributed by atoms with van der Waals surface area (Å²) in [5, 5.41) is 3.33. The van der Waals surface area contributed by atoms with Crippen molar-refractivity contribution in [1.82, 2.24) is 5.32 Å². The number of rotatable bonds is 2. The minimum atomic E-state index is -4.23. The standard InChI is InChI=1S/C12H14F3N/c13-12(14,15)10-5-3-9(4-6-10)8-11-2-1-7-16-11/h3-6,11,16H,1-2,7-8H2. The first-order chi connectivity index (χ1) is 7.55. The zero-order chi connectivity index (χ0) is 11.6. The lowest BCUT2D eigenvalue weighted by atomic mass is 10.0. The Balaban J connectivity index is 2.01. The molecule has 1 atom stereocenters. The molecular weight excluding hydrogens is 215 g/mol. The van der Waals surface area contributed by atoms with E-state index in [0.29, 0.717) is 6.04 Å². The Kier molecular flexibility index (Phi) is 3.19. The molecule has 1 N–H and O–H groups in total. The van der Waals surface area contributed by atoms with Crippen molar-refractivity contribution >= 4 is 0 Å². The largest absolute Gasteiger partial charge is 0.416 e. The van der Waals surface area contributed by atoms with E-state index in [1.165, 1.54) is 0 Å². The lowest BCUT2D eigenvalue weighted by molar-refractivity contribution is -0.137. The van der Waals surface area contributed by atoms with Crippen LogP contribution in [-0.2, 0) is 12.6 Å². The van der Waals surface area contributed by atoms with Crippen molar-refractivity contribution in [2.24, 2.45) is 0 Å². The van der Waals surface area contributed by atoms with Gasteiger partial charge in [0.05, 0.1) is 5.56 Å². The Labute approximate surface area is 92.7 Å². The minimum Gasteiger partial charge on any atom is -0.314 e. The second-order valence-corrected chi connectivity index (χ2v) is 4.19. The molecule has 2 rings (SSSR count). The third-order valence-electron chi connectivity index (χ3n) is 2.93. The van der Waals surface area contributed by atoms with Gasteiger partial charge >= 0.3 is 6.18 Å². The predicted octanol–water partition coefficient (Wildman–Crippen LogP) is 3.00. The fourth-order valence-electron chi connectivity index (χ4n) is 2.05. The monoisotopic (exact) mass is 229 g/mol. The zero-order valence-corrected chi connectivity index (χ0v) is 8.85. The SMILES string of the molecule is FC(F)(F)c1ccc(CC2CCCN2)cc1. The minimum absolute atomic E-state index is 0.428. The van der Waals surface area contributed by atoms with Crippen molar-refractivity contribution in [3.8, 4) is 0 Å². The van der Waals surface area contributed by atoms with Crippen LogP contribution < -0.4 is 5.32 Å². The summed E-state index contributed by atoms with van der Waals surface area (Å²) >= 11 is 0. The third kappa shape index (κ3) is 2.76. The molecule has 88 valence electrons. The quantitative estimate of drug-likeness (QED) is 0.822. The van der Waals surface area contributed by atoms with Crippen LogP contribution >= 0.6 is 0 Å². The Morgan fingerprint density at radius 1 is 1.19 bits per heavy atom. The van der Waals surface area contributed by atoms with Gasteiger partial charge in [-0.15, -0.1) is 0 Å². The molecule has 1 fully saturated rings. The van der Waals surface area contributed by atoms with Crippen molar-refractivity contribution < 1.29 is 13.2 Å². The number of hydrogen-bond donors (Lipinski definition) is 1. The molecule has 0 saturated carbocycles. The van der Waals surface area contributed by atoms with Crippen LogP contribution in [-0.4, -0.2) is 12.6 Å². The van der Waals surface area contributed by atoms with E-state index in [-0.39, 0.29) is 0 Å². The van der Waals surface area contributed by atoms with E-state index >= 15 is 0 Å². The molecule has 16 heavy (non-hydrogen) atoms. The summed E-state index contributed by atoms with van der Waals surface area (Å²) in [7, 11) is 0. The lowest BCUT2D eigenvalue weighted by Crippen LogP contribution is -2.23. The Morgan fingerprint density at radius 3 is 2.38 bits per heavy atom. The van der Waals surface area contributed by atoms with Crippen LogP contribution in [0.2, 0.25) is 0 Å². The molecule has 1 aromatic rings. The number of alkyl halides is 3. The van der Waals surface area contributed by atoms with Gasteiger partial charge in [0.2, 0.25) is 0 Å². The average Bonchev–Trinajstić information content (AvgIpc) is 2.70. The van der Waals surface area contributed by atoms with Gasteiger partial charge in [0.15, 0.2) is 0 Å². The van der Waals surface area contributed by atoms with Crippen LogP contribution in [0.1, 0.15) is 24.0 Å². The predicted molar refractivity (Wildman–Crippen MR) is 56.2 cm³/mol. The second-order valence-electron chi connectivity index (χ2n) is 4.19. The topological polar surface area (TPSA) is 12.0 Å². The molecule has 1 saturated heterocycles. The molecule has 0 amide bonds. The number of halogens is 3. The van der Waals surface area contributed by atoms with Gasteiger partial charge in [-0.05, 0) is 43.5 Å². The van der Waals surface area contributed by atoms with E-state index in [0.717, 1.165) is 43.5 Å². The molecule has 1 aliphatic heterocycles. The van der Waals surface area contributed by atoms with Gasteiger partial charge in [0.1, 0.15) is 0 Å². The molecule has 1 aliphatic rings. The van der Waals surface area contributed by atoms with Crippen molar-refractivity contribution in [3.63, 3.8) is 0 Å². The highest BCUT2D eigenvalue weighted by molar-refractivity contribution is 5.25. The summed E-state index contributed by atoms with van der Waals surface area (Å²) in [6, 6.07) is 5.89. The molecule has 4 heteroatoms. The third-order valence-corrected chi connectivity index (χ3v) is 2.93. The van der Waals surface area contributed by atoms with Crippen LogP contribution in [0, 0.1) is 0 Å². The number of benzene rings is 1. The van der Waals surface area contributed by atoms with E-state index in [1.807, 2.05) is 0 Å². The van der Waals surface area contributed by atoms with Crippen LogP contribution in [0.25, 0.3) is 0 Å². The van der Waals surface area contributed by atoms with E-state index in [2.05, 4.69) is 5.32 Å². The normalized spacial score (nSPS) is 21.3. The highest BCUT2D eigenvalue weighted by Gasteiger charge is 2.30. The van der Waals surface area contributed by atoms with Crippen LogP contribution in [0.3, 0.4) is 0 Å². The number of hydrogen-bond acceptors (Lipinski definition) is 1. The van der Waals surface area contributed by atoms with Crippen molar-refractivity contribution in [3.05, 3.63) is 35.4 Å². The van der Waals surface area contributed by atoms with Gasteiger partial charge in [0.25, 0.3) is 0 Å². The molecule has 0 aliphatic carbocycles. The zero-order valence-electron chi connectivity index (χ0n) is 8.85. The second kappa shape index (κ2) is 4.45. The molecule has 1 heterocycles. The molecular formula is C12H14F3N. The van der Waals surface area contributed by atoms with E-state index in [9.17, 15) is 13.2 Å². The van der Waals surface area contributed by atoms with Gasteiger partial charge in [-0.1, -0.05) is 12.1 Å². The fraction of sp³-hybridized carbons (Fsp3) is 0.500. The molecule has 1 nitrogen and oxygen atoms in total. The fourth-order valence-corrected chi connectivity index (χ4v) is 2.05. The van der Waals surface area contributed by atoms with Crippen molar-refractivity contribution in [2.75, 3.05) is 6.54 Å². The average molecular weight is 229 g/mol. The summed E-state index contributed by atoms with van der Waals surface area (Å²) in [4.78, 5) is 0. The smallest absolute Gasteiger partial charge is 0.314 e. The van der Waals surface area contributed by atoms with Gasteiger partial charge in [0, 0.05) is 6.04 Å².